The van der Waals surface area contributed by atoms with Gasteiger partial charge in [-0.3, -0.25) is 14.4 Å². The average molecular weight is 359 g/mol. The topological polar surface area (TPSA) is 80.5 Å². The minimum Gasteiger partial charge on any atom is -0.363 e. The molecular weight excluding hydrogens is 340 g/mol. The molecule has 0 aliphatic rings. The molecule has 130 valence electrons. The number of hydrogen-bond acceptors (Lipinski definition) is 3. The Morgan fingerprint density at radius 2 is 1.72 bits per heavy atom. The maximum atomic E-state index is 12.8. The Hall–Kier alpha value is -2.66. The highest BCUT2D eigenvalue weighted by atomic mass is 35.5. The second kappa shape index (κ2) is 7.49. The molecule has 0 radical (unpaired) electrons. The van der Waals surface area contributed by atoms with Gasteiger partial charge in [0.1, 0.15) is 5.54 Å². The monoisotopic (exact) mass is 358 g/mol. The zero-order chi connectivity index (χ0) is 18.6. The van der Waals surface area contributed by atoms with Crippen molar-refractivity contribution in [1.29, 1.82) is 0 Å². The first-order valence-electron chi connectivity index (χ1n) is 7.67. The summed E-state index contributed by atoms with van der Waals surface area (Å²) < 4.78 is 0. The van der Waals surface area contributed by atoms with Crippen molar-refractivity contribution in [3.63, 3.8) is 0 Å². The molecule has 25 heavy (non-hydrogen) atoms. The third kappa shape index (κ3) is 4.06. The van der Waals surface area contributed by atoms with E-state index in [2.05, 4.69) is 0 Å². The minimum atomic E-state index is -1.43. The highest BCUT2D eigenvalue weighted by molar-refractivity contribution is 6.39. The number of ketones is 1. The van der Waals surface area contributed by atoms with Crippen molar-refractivity contribution in [3.8, 4) is 0 Å². The molecule has 0 spiro atoms. The Labute approximate surface area is 151 Å². The molecule has 2 aromatic carbocycles. The van der Waals surface area contributed by atoms with Crippen molar-refractivity contribution in [2.75, 3.05) is 7.05 Å². The second-order valence-electron chi connectivity index (χ2n) is 6.00. The van der Waals surface area contributed by atoms with Gasteiger partial charge in [0.2, 0.25) is 5.78 Å². The van der Waals surface area contributed by atoms with Crippen LogP contribution >= 0.6 is 11.6 Å². The van der Waals surface area contributed by atoms with Gasteiger partial charge in [-0.15, -0.1) is 0 Å². The fraction of sp³-hybridized carbons (Fsp3) is 0.211. The lowest BCUT2D eigenvalue weighted by Gasteiger charge is -2.37. The maximum absolute atomic E-state index is 12.8. The lowest BCUT2D eigenvalue weighted by Crippen LogP contribution is -2.58. The van der Waals surface area contributed by atoms with E-state index in [4.69, 9.17) is 17.3 Å². The quantitative estimate of drug-likeness (QED) is 0.805. The number of halogens is 1. The van der Waals surface area contributed by atoms with Crippen molar-refractivity contribution in [2.45, 2.75) is 18.9 Å². The van der Waals surface area contributed by atoms with Crippen molar-refractivity contribution in [3.05, 3.63) is 70.7 Å². The number of hydrogen-bond donors (Lipinski definition) is 1. The van der Waals surface area contributed by atoms with Gasteiger partial charge in [-0.05, 0) is 36.8 Å². The number of benzene rings is 2. The van der Waals surface area contributed by atoms with Crippen molar-refractivity contribution < 1.29 is 14.4 Å². The van der Waals surface area contributed by atoms with Crippen LogP contribution in [0.1, 0.15) is 22.8 Å². The number of nitrogens with zero attached hydrogens (tertiary/aromatic N) is 1. The normalized spacial score (nSPS) is 12.9. The summed E-state index contributed by atoms with van der Waals surface area (Å²) in [4.78, 5) is 38.1. The van der Waals surface area contributed by atoms with Crippen LogP contribution in [-0.2, 0) is 16.0 Å². The van der Waals surface area contributed by atoms with Crippen molar-refractivity contribution in [1.82, 2.24) is 4.90 Å². The molecule has 0 aromatic heterocycles. The molecule has 2 amide bonds. The lowest BCUT2D eigenvalue weighted by atomic mass is 9.86. The molecule has 0 aliphatic carbocycles. The number of carbonyl (C=O) groups excluding carboxylic acids is 3. The SMILES string of the molecule is CN(C(=O)c1ccccc1)C(C)(Cc1cccc(Cl)c1)C(=O)C(N)=O. The lowest BCUT2D eigenvalue weighted by molar-refractivity contribution is -0.141. The summed E-state index contributed by atoms with van der Waals surface area (Å²) >= 11 is 6.00. The fourth-order valence-corrected chi connectivity index (χ4v) is 2.87. The second-order valence-corrected chi connectivity index (χ2v) is 6.44. The molecule has 0 saturated heterocycles. The smallest absolute Gasteiger partial charge is 0.287 e. The number of rotatable bonds is 6. The van der Waals surface area contributed by atoms with Crippen LogP contribution in [0.15, 0.2) is 54.6 Å². The molecule has 2 rings (SSSR count). The standard InChI is InChI=1S/C19H19ClN2O3/c1-19(16(23)17(21)24,12-13-7-6-10-15(20)11-13)22(2)18(25)14-8-4-3-5-9-14/h3-11H,12H2,1-2H3,(H2,21,24). The van der Waals surface area contributed by atoms with Gasteiger partial charge in [0.05, 0.1) is 0 Å². The van der Waals surface area contributed by atoms with E-state index >= 15 is 0 Å². The minimum absolute atomic E-state index is 0.115. The Morgan fingerprint density at radius 1 is 1.08 bits per heavy atom. The molecule has 1 unspecified atom stereocenters. The molecule has 0 fully saturated rings. The van der Waals surface area contributed by atoms with Crippen molar-refractivity contribution in [2.24, 2.45) is 5.73 Å². The largest absolute Gasteiger partial charge is 0.363 e. The molecule has 1 atom stereocenters. The Bertz CT molecular complexity index is 807. The molecule has 6 heteroatoms. The van der Waals surface area contributed by atoms with Crippen LogP contribution in [0.3, 0.4) is 0 Å². The van der Waals surface area contributed by atoms with Gasteiger partial charge >= 0.3 is 0 Å². The van der Waals surface area contributed by atoms with Gasteiger partial charge in [-0.1, -0.05) is 41.9 Å². The van der Waals surface area contributed by atoms with Crippen LogP contribution in [0.25, 0.3) is 0 Å². The Morgan fingerprint density at radius 3 is 2.28 bits per heavy atom. The van der Waals surface area contributed by atoms with E-state index < -0.39 is 17.2 Å². The third-order valence-electron chi connectivity index (χ3n) is 4.22. The summed E-state index contributed by atoms with van der Waals surface area (Å²) in [5.74, 6) is -2.30. The van der Waals surface area contributed by atoms with E-state index in [0.717, 1.165) is 5.56 Å². The number of Topliss-reactive ketones (excluding diaryl/α,β-unsaturated/α-hetero) is 1. The summed E-state index contributed by atoms with van der Waals surface area (Å²) in [6.07, 6.45) is 0.115. The molecule has 0 bridgehead atoms. The predicted molar refractivity (Wildman–Crippen MR) is 96.3 cm³/mol. The van der Waals surface area contributed by atoms with E-state index in [0.29, 0.717) is 10.6 Å². The number of likely N-dealkylation sites (N-methyl/N-ethyl adjacent to an activating group) is 1. The zero-order valence-corrected chi connectivity index (χ0v) is 14.8. The first-order valence-corrected chi connectivity index (χ1v) is 8.05. The van der Waals surface area contributed by atoms with Gasteiger partial charge in [-0.25, -0.2) is 0 Å². The number of amides is 2. The highest BCUT2D eigenvalue weighted by Crippen LogP contribution is 2.24. The van der Waals surface area contributed by atoms with Crippen LogP contribution in [0.2, 0.25) is 5.02 Å². The van der Waals surface area contributed by atoms with Crippen LogP contribution in [0.5, 0.6) is 0 Å². The van der Waals surface area contributed by atoms with E-state index in [1.165, 1.54) is 18.9 Å². The summed E-state index contributed by atoms with van der Waals surface area (Å²) in [6.45, 7) is 1.53. The van der Waals surface area contributed by atoms with Gasteiger partial charge in [0.25, 0.3) is 11.8 Å². The predicted octanol–water partition coefficient (Wildman–Crippen LogP) is 2.47. The van der Waals surface area contributed by atoms with Gasteiger partial charge in [0.15, 0.2) is 0 Å². The van der Waals surface area contributed by atoms with Gasteiger partial charge in [0, 0.05) is 24.1 Å². The molecule has 0 aliphatic heterocycles. The van der Waals surface area contributed by atoms with Crippen molar-refractivity contribution >= 4 is 29.2 Å². The first-order chi connectivity index (χ1) is 11.8. The van der Waals surface area contributed by atoms with Crippen LogP contribution in [0.4, 0.5) is 0 Å². The summed E-state index contributed by atoms with van der Waals surface area (Å²) in [5, 5.41) is 0.503. The summed E-state index contributed by atoms with van der Waals surface area (Å²) in [7, 11) is 1.49. The van der Waals surface area contributed by atoms with Crippen LogP contribution in [-0.4, -0.2) is 35.1 Å². The Balaban J connectivity index is 2.42. The number of primary amides is 1. The molecular formula is C19H19ClN2O3. The Kier molecular flexibility index (Phi) is 5.59. The van der Waals surface area contributed by atoms with Gasteiger partial charge in [-0.2, -0.15) is 0 Å². The van der Waals surface area contributed by atoms with Crippen LogP contribution < -0.4 is 5.73 Å². The number of nitrogens with two attached hydrogens (primary N) is 1. The van der Waals surface area contributed by atoms with E-state index in [1.54, 1.807) is 54.6 Å². The summed E-state index contributed by atoms with van der Waals surface area (Å²) in [6, 6.07) is 15.4. The fourth-order valence-electron chi connectivity index (χ4n) is 2.66. The summed E-state index contributed by atoms with van der Waals surface area (Å²) in [5.41, 5.74) is 4.94. The maximum Gasteiger partial charge on any atom is 0.287 e. The molecule has 0 saturated carbocycles. The zero-order valence-electron chi connectivity index (χ0n) is 14.0. The number of carbonyl (C=O) groups is 3. The third-order valence-corrected chi connectivity index (χ3v) is 4.45. The molecule has 5 nitrogen and oxygen atoms in total. The molecule has 2 N–H and O–H groups in total. The highest BCUT2D eigenvalue weighted by Gasteiger charge is 2.43. The van der Waals surface area contributed by atoms with E-state index in [1.807, 2.05) is 0 Å². The van der Waals surface area contributed by atoms with Gasteiger partial charge < -0.3 is 10.6 Å². The van der Waals surface area contributed by atoms with Crippen LogP contribution in [0, 0.1) is 0 Å². The molecule has 0 heterocycles. The van der Waals surface area contributed by atoms with E-state index in [9.17, 15) is 14.4 Å². The van der Waals surface area contributed by atoms with E-state index in [-0.39, 0.29) is 12.3 Å². The average Bonchev–Trinajstić information content (AvgIpc) is 2.60. The molecule has 2 aromatic rings. The first kappa shape index (κ1) is 18.7.